The zero-order chi connectivity index (χ0) is 4.71. The average molecular weight is 310 g/mol. The van der Waals surface area contributed by atoms with Crippen LogP contribution in [0.2, 0.25) is 0 Å². The molecule has 0 spiro atoms. The van der Waals surface area contributed by atoms with Crippen molar-refractivity contribution in [3.63, 3.8) is 0 Å². The smallest absolute Gasteiger partial charge is 0.0319 e. The molecule has 4 heteroatoms. The Balaban J connectivity index is -0.0000000105. The van der Waals surface area contributed by atoms with Gasteiger partial charge in [0.05, 0.1) is 0 Å². The van der Waals surface area contributed by atoms with Crippen LogP contribution in [0, 0.1) is 0 Å². The summed E-state index contributed by atoms with van der Waals surface area (Å²) in [7, 11) is 1.00. The third kappa shape index (κ3) is 204. The summed E-state index contributed by atoms with van der Waals surface area (Å²) in [5.41, 5.74) is 0. The molecule has 0 atom stereocenters. The van der Waals surface area contributed by atoms with Gasteiger partial charge in [0.25, 0.3) is 0 Å². The van der Waals surface area contributed by atoms with Crippen LogP contribution in [0.3, 0.4) is 0 Å². The van der Waals surface area contributed by atoms with Gasteiger partial charge in [-0.2, -0.15) is 6.92 Å². The van der Waals surface area contributed by atoms with E-state index in [2.05, 4.69) is 0 Å². The van der Waals surface area contributed by atoms with Gasteiger partial charge in [-0.15, -0.1) is 0 Å². The predicted molar refractivity (Wildman–Crippen MR) is 19.5 cm³/mol. The number of aliphatic hydroxyl groups is 1. The molecular weight excluding hydrogens is 303 g/mol. The van der Waals surface area contributed by atoms with Crippen LogP contribution in [0.5, 0.6) is 0 Å². The molecule has 0 fully saturated rings. The summed E-state index contributed by atoms with van der Waals surface area (Å²) in [6, 6.07) is 0. The molecule has 0 aromatic rings. The Kier molecular flexibility index (Phi) is 235. The van der Waals surface area contributed by atoms with Crippen LogP contribution in [0.15, 0.2) is 0 Å². The van der Waals surface area contributed by atoms with E-state index in [9.17, 15) is 0 Å². The third-order valence-electron chi connectivity index (χ3n) is 0. The maximum atomic E-state index is 8.68. The molecule has 0 aliphatic heterocycles. The number of rotatable bonds is 0. The molecule has 0 aromatic heterocycles. The Labute approximate surface area is 69.8 Å². The molecular formula is C3H7O2VW-. The first kappa shape index (κ1) is 24.7. The van der Waals surface area contributed by atoms with Crippen LogP contribution in [0.1, 0.15) is 6.92 Å². The largest absolute Gasteiger partial charge is 0.542 e. The molecule has 0 amide bonds. The minimum Gasteiger partial charge on any atom is -0.542 e. The maximum absolute atomic E-state index is 8.68. The molecule has 2 nitrogen and oxygen atoms in total. The molecule has 0 rings (SSSR count). The minimum atomic E-state index is 0. The van der Waals surface area contributed by atoms with E-state index in [1.807, 2.05) is 0 Å². The van der Waals surface area contributed by atoms with E-state index < -0.39 is 0 Å². The van der Waals surface area contributed by atoms with Crippen molar-refractivity contribution in [2.45, 2.75) is 6.92 Å². The molecule has 7 heavy (non-hydrogen) atoms. The summed E-state index contributed by atoms with van der Waals surface area (Å²) in [4.78, 5) is 8.68. The van der Waals surface area contributed by atoms with Crippen molar-refractivity contribution in [1.82, 2.24) is 0 Å². The zero-order valence-corrected chi connectivity index (χ0v) is 8.54. The summed E-state index contributed by atoms with van der Waals surface area (Å²) in [5.74, 6) is 0. The first-order valence-corrected chi connectivity index (χ1v) is 1.15. The van der Waals surface area contributed by atoms with Gasteiger partial charge in [0.1, 0.15) is 0 Å². The molecule has 1 N–H and O–H groups in total. The van der Waals surface area contributed by atoms with E-state index in [4.69, 9.17) is 9.90 Å². The van der Waals surface area contributed by atoms with Crippen LogP contribution in [-0.4, -0.2) is 18.5 Å². The number of aliphatic hydroxyl groups excluding tert-OH is 1. The minimum absolute atomic E-state index is 0. The van der Waals surface area contributed by atoms with Gasteiger partial charge in [-0.25, -0.2) is 0 Å². The first-order valence-electron chi connectivity index (χ1n) is 1.15. The van der Waals surface area contributed by atoms with Gasteiger partial charge in [-0.1, -0.05) is 0 Å². The molecule has 0 aromatic carbocycles. The van der Waals surface area contributed by atoms with Gasteiger partial charge in [0.2, 0.25) is 0 Å². The van der Waals surface area contributed by atoms with Gasteiger partial charge in [-0.05, 0) is 0 Å². The molecule has 0 bridgehead atoms. The molecule has 0 aliphatic carbocycles. The van der Waals surface area contributed by atoms with Crippen molar-refractivity contribution in [2.75, 3.05) is 7.11 Å². The van der Waals surface area contributed by atoms with Crippen LogP contribution < -0.4 is 0 Å². The van der Waals surface area contributed by atoms with Gasteiger partial charge in [-0.3, -0.25) is 6.29 Å². The molecule has 0 saturated heterocycles. The number of hydrogen-bond donors (Lipinski definition) is 1. The van der Waals surface area contributed by atoms with Crippen LogP contribution >= 0.6 is 0 Å². The number of carbonyl (C=O) groups excluding carboxylic acids is 1. The summed E-state index contributed by atoms with van der Waals surface area (Å²) >= 11 is 0. The molecule has 0 unspecified atom stereocenters. The van der Waals surface area contributed by atoms with Crippen molar-refractivity contribution in [2.24, 2.45) is 0 Å². The maximum Gasteiger partial charge on any atom is 0.0319 e. The van der Waals surface area contributed by atoms with Gasteiger partial charge < -0.3 is 9.90 Å². The second-order valence-corrected chi connectivity index (χ2v) is 0.204. The Hall–Kier alpha value is 0.903. The second kappa shape index (κ2) is 66.4. The summed E-state index contributed by atoms with van der Waals surface area (Å²) < 4.78 is 0. The molecule has 43 valence electrons. The summed E-state index contributed by atoms with van der Waals surface area (Å²) in [5, 5.41) is 7.00. The SMILES string of the molecule is CO.C[C-]=O.[V].[W]. The summed E-state index contributed by atoms with van der Waals surface area (Å²) in [6.07, 6.45) is 1.50. The second-order valence-electron chi connectivity index (χ2n) is 0.204. The van der Waals surface area contributed by atoms with Crippen LogP contribution in [-0.2, 0) is 44.4 Å². The standard InChI is InChI=1S/C2H3O.CH4O.V.W/c1-2-3;1-2;;/h1H3;2H,1H3;;/q-1;;;. The van der Waals surface area contributed by atoms with Crippen molar-refractivity contribution in [3.05, 3.63) is 0 Å². The van der Waals surface area contributed by atoms with Crippen molar-refractivity contribution in [3.8, 4) is 0 Å². The van der Waals surface area contributed by atoms with Gasteiger partial charge in [0, 0.05) is 46.7 Å². The molecule has 0 heterocycles. The predicted octanol–water partition coefficient (Wildman–Crippen LogP) is -0.280. The van der Waals surface area contributed by atoms with Crippen LogP contribution in [0.25, 0.3) is 0 Å². The van der Waals surface area contributed by atoms with Crippen molar-refractivity contribution >= 4 is 6.29 Å². The zero-order valence-electron chi connectivity index (χ0n) is 4.21. The molecule has 1 radical (unpaired) electrons. The quantitative estimate of drug-likeness (QED) is 0.625. The number of hydrogen-bond acceptors (Lipinski definition) is 2. The fourth-order valence-electron chi connectivity index (χ4n) is 0. The Morgan fingerprint density at radius 2 is 1.43 bits per heavy atom. The van der Waals surface area contributed by atoms with Gasteiger partial charge >= 0.3 is 0 Å². The van der Waals surface area contributed by atoms with E-state index in [0.717, 1.165) is 7.11 Å². The molecule has 0 aliphatic rings. The molecule has 0 saturated carbocycles. The van der Waals surface area contributed by atoms with Gasteiger partial charge in [0.15, 0.2) is 0 Å². The fraction of sp³-hybridized carbons (Fsp3) is 0.667. The third-order valence-corrected chi connectivity index (χ3v) is 0. The first-order chi connectivity index (χ1) is 2.41. The van der Waals surface area contributed by atoms with Crippen molar-refractivity contribution in [1.29, 1.82) is 0 Å². The monoisotopic (exact) mass is 310 g/mol. The fourth-order valence-corrected chi connectivity index (χ4v) is 0. The van der Waals surface area contributed by atoms with E-state index in [-0.39, 0.29) is 39.6 Å². The summed E-state index contributed by atoms with van der Waals surface area (Å²) in [6.45, 7) is 1.32. The Morgan fingerprint density at radius 1 is 1.43 bits per heavy atom. The van der Waals surface area contributed by atoms with E-state index in [1.54, 1.807) is 0 Å². The average Bonchev–Trinajstić information content (AvgIpc) is 1.46. The van der Waals surface area contributed by atoms with E-state index >= 15 is 0 Å². The van der Waals surface area contributed by atoms with E-state index in [0.29, 0.717) is 0 Å². The Bertz CT molecular complexity index is 20.4. The van der Waals surface area contributed by atoms with Crippen molar-refractivity contribution < 1.29 is 49.5 Å². The van der Waals surface area contributed by atoms with Crippen LogP contribution in [0.4, 0.5) is 0 Å². The topological polar surface area (TPSA) is 37.3 Å². The normalized spacial score (nSPS) is 2.71. The Morgan fingerprint density at radius 3 is 1.43 bits per heavy atom. The van der Waals surface area contributed by atoms with E-state index in [1.165, 1.54) is 13.2 Å².